The van der Waals surface area contributed by atoms with Gasteiger partial charge in [-0.1, -0.05) is 20.3 Å². The average molecular weight is 252 g/mol. The third-order valence-corrected chi connectivity index (χ3v) is 3.70. The molecule has 1 aromatic heterocycles. The minimum atomic E-state index is -0.204. The molecule has 1 aromatic rings. The highest BCUT2D eigenvalue weighted by atomic mass is 16.3. The predicted molar refractivity (Wildman–Crippen MR) is 76.5 cm³/mol. The van der Waals surface area contributed by atoms with E-state index in [0.717, 1.165) is 32.4 Å². The molecule has 0 amide bonds. The molecule has 104 valence electrons. The van der Waals surface area contributed by atoms with Crippen molar-refractivity contribution in [2.75, 3.05) is 6.54 Å². The molecule has 0 aliphatic rings. The molecule has 0 saturated heterocycles. The highest BCUT2D eigenvalue weighted by molar-refractivity contribution is 5.06. The zero-order valence-corrected chi connectivity index (χ0v) is 12.3. The summed E-state index contributed by atoms with van der Waals surface area (Å²) in [5.74, 6) is 0. The van der Waals surface area contributed by atoms with E-state index in [0.29, 0.717) is 6.04 Å². The summed E-state index contributed by atoms with van der Waals surface area (Å²) in [7, 11) is 2.08. The molecule has 0 spiro atoms. The summed E-state index contributed by atoms with van der Waals surface area (Å²) in [6.07, 6.45) is 4.92. The van der Waals surface area contributed by atoms with Crippen molar-refractivity contribution in [2.45, 2.75) is 58.7 Å². The minimum absolute atomic E-state index is 0.204. The van der Waals surface area contributed by atoms with Gasteiger partial charge in [0, 0.05) is 38.1 Å². The zero-order valence-electron chi connectivity index (χ0n) is 12.3. The van der Waals surface area contributed by atoms with E-state index >= 15 is 0 Å². The molecular weight excluding hydrogens is 224 g/mol. The molecular formula is C15H28N2O. The second-order valence-electron chi connectivity index (χ2n) is 5.24. The third-order valence-electron chi connectivity index (χ3n) is 3.70. The minimum Gasteiger partial charge on any atom is -0.392 e. The molecule has 1 rings (SSSR count). The van der Waals surface area contributed by atoms with Crippen molar-refractivity contribution in [1.29, 1.82) is 0 Å². The van der Waals surface area contributed by atoms with Crippen LogP contribution in [-0.4, -0.2) is 33.3 Å². The first-order valence-electron chi connectivity index (χ1n) is 7.10. The SMILES string of the molecule is CCCC(O)CN(Cc1cccn1C)C(C)CC. The van der Waals surface area contributed by atoms with Crippen molar-refractivity contribution in [3.63, 3.8) is 0 Å². The van der Waals surface area contributed by atoms with Crippen LogP contribution < -0.4 is 0 Å². The number of nitrogens with zero attached hydrogens (tertiary/aromatic N) is 2. The molecule has 2 atom stereocenters. The van der Waals surface area contributed by atoms with Crippen LogP contribution in [0.5, 0.6) is 0 Å². The summed E-state index contributed by atoms with van der Waals surface area (Å²) in [6.45, 7) is 8.25. The van der Waals surface area contributed by atoms with Crippen LogP contribution in [0.25, 0.3) is 0 Å². The highest BCUT2D eigenvalue weighted by Crippen LogP contribution is 2.13. The summed E-state index contributed by atoms with van der Waals surface area (Å²) < 4.78 is 2.15. The Labute approximate surface area is 111 Å². The van der Waals surface area contributed by atoms with Crippen molar-refractivity contribution in [1.82, 2.24) is 9.47 Å². The van der Waals surface area contributed by atoms with Crippen molar-refractivity contribution in [2.24, 2.45) is 7.05 Å². The molecule has 0 aliphatic heterocycles. The van der Waals surface area contributed by atoms with E-state index < -0.39 is 0 Å². The lowest BCUT2D eigenvalue weighted by molar-refractivity contribution is 0.0775. The maximum absolute atomic E-state index is 10.0. The maximum atomic E-state index is 10.0. The lowest BCUT2D eigenvalue weighted by Gasteiger charge is -2.30. The Kier molecular flexibility index (Phi) is 6.44. The van der Waals surface area contributed by atoms with Crippen molar-refractivity contribution in [3.8, 4) is 0 Å². The molecule has 3 nitrogen and oxygen atoms in total. The van der Waals surface area contributed by atoms with E-state index in [-0.39, 0.29) is 6.10 Å². The molecule has 1 heterocycles. The molecule has 3 heteroatoms. The number of aryl methyl sites for hydroxylation is 1. The second kappa shape index (κ2) is 7.59. The predicted octanol–water partition coefficient (Wildman–Crippen LogP) is 2.79. The van der Waals surface area contributed by atoms with Gasteiger partial charge in [-0.15, -0.1) is 0 Å². The van der Waals surface area contributed by atoms with Gasteiger partial charge in [-0.05, 0) is 31.9 Å². The van der Waals surface area contributed by atoms with Gasteiger partial charge in [-0.3, -0.25) is 4.90 Å². The lowest BCUT2D eigenvalue weighted by atomic mass is 10.1. The van der Waals surface area contributed by atoms with E-state index in [1.54, 1.807) is 0 Å². The molecule has 18 heavy (non-hydrogen) atoms. The van der Waals surface area contributed by atoms with Gasteiger partial charge in [0.25, 0.3) is 0 Å². The number of aliphatic hydroxyl groups excluding tert-OH is 1. The van der Waals surface area contributed by atoms with Crippen LogP contribution in [-0.2, 0) is 13.6 Å². The molecule has 0 saturated carbocycles. The first-order chi connectivity index (χ1) is 8.58. The molecule has 0 fully saturated rings. The Morgan fingerprint density at radius 1 is 1.39 bits per heavy atom. The van der Waals surface area contributed by atoms with Gasteiger partial charge in [-0.2, -0.15) is 0 Å². The van der Waals surface area contributed by atoms with Gasteiger partial charge in [0.15, 0.2) is 0 Å². The summed E-state index contributed by atoms with van der Waals surface area (Å²) in [5.41, 5.74) is 1.30. The van der Waals surface area contributed by atoms with Crippen LogP contribution in [0.4, 0.5) is 0 Å². The molecule has 0 radical (unpaired) electrons. The summed E-state index contributed by atoms with van der Waals surface area (Å²) in [6, 6.07) is 4.74. The van der Waals surface area contributed by atoms with Crippen LogP contribution in [0.2, 0.25) is 0 Å². The maximum Gasteiger partial charge on any atom is 0.0667 e. The van der Waals surface area contributed by atoms with Gasteiger partial charge >= 0.3 is 0 Å². The smallest absolute Gasteiger partial charge is 0.0667 e. The topological polar surface area (TPSA) is 28.4 Å². The van der Waals surface area contributed by atoms with E-state index in [4.69, 9.17) is 0 Å². The number of rotatable bonds is 8. The van der Waals surface area contributed by atoms with Crippen LogP contribution in [0, 0.1) is 0 Å². The summed E-state index contributed by atoms with van der Waals surface area (Å²) >= 11 is 0. The van der Waals surface area contributed by atoms with Gasteiger partial charge in [0.1, 0.15) is 0 Å². The summed E-state index contributed by atoms with van der Waals surface area (Å²) in [4.78, 5) is 2.38. The number of hydrogen-bond acceptors (Lipinski definition) is 2. The Bertz CT molecular complexity index is 335. The van der Waals surface area contributed by atoms with E-state index in [9.17, 15) is 5.11 Å². The van der Waals surface area contributed by atoms with Gasteiger partial charge in [-0.25, -0.2) is 0 Å². The van der Waals surface area contributed by atoms with Crippen LogP contribution >= 0.6 is 0 Å². The first kappa shape index (κ1) is 15.3. The van der Waals surface area contributed by atoms with Crippen LogP contribution in [0.1, 0.15) is 45.7 Å². The zero-order chi connectivity index (χ0) is 13.5. The first-order valence-corrected chi connectivity index (χ1v) is 7.10. The largest absolute Gasteiger partial charge is 0.392 e. The van der Waals surface area contributed by atoms with Crippen molar-refractivity contribution in [3.05, 3.63) is 24.0 Å². The lowest BCUT2D eigenvalue weighted by Crippen LogP contribution is -2.38. The molecule has 0 aromatic carbocycles. The second-order valence-corrected chi connectivity index (χ2v) is 5.24. The number of hydrogen-bond donors (Lipinski definition) is 1. The molecule has 2 unspecified atom stereocenters. The molecule has 1 N–H and O–H groups in total. The van der Waals surface area contributed by atoms with Gasteiger partial charge in [0.2, 0.25) is 0 Å². The average Bonchev–Trinajstić information content (AvgIpc) is 2.73. The van der Waals surface area contributed by atoms with Crippen LogP contribution in [0.3, 0.4) is 0 Å². The number of aromatic nitrogens is 1. The number of aliphatic hydroxyl groups is 1. The Hall–Kier alpha value is -0.800. The van der Waals surface area contributed by atoms with E-state index in [2.05, 4.69) is 55.6 Å². The molecule has 0 aliphatic carbocycles. The van der Waals surface area contributed by atoms with E-state index in [1.807, 2.05) is 0 Å². The third kappa shape index (κ3) is 4.46. The fourth-order valence-electron chi connectivity index (χ4n) is 2.22. The Morgan fingerprint density at radius 2 is 2.11 bits per heavy atom. The van der Waals surface area contributed by atoms with Gasteiger partial charge in [0.05, 0.1) is 6.10 Å². The van der Waals surface area contributed by atoms with Crippen molar-refractivity contribution < 1.29 is 5.11 Å². The normalized spacial score (nSPS) is 15.0. The Balaban J connectivity index is 2.64. The standard InChI is InChI=1S/C15H28N2O/c1-5-8-15(18)12-17(13(3)6-2)11-14-9-7-10-16(14)4/h7,9-10,13,15,18H,5-6,8,11-12H2,1-4H3. The highest BCUT2D eigenvalue weighted by Gasteiger charge is 2.17. The molecule has 0 bridgehead atoms. The van der Waals surface area contributed by atoms with E-state index in [1.165, 1.54) is 5.69 Å². The van der Waals surface area contributed by atoms with Gasteiger partial charge < -0.3 is 9.67 Å². The Morgan fingerprint density at radius 3 is 2.61 bits per heavy atom. The fraction of sp³-hybridized carbons (Fsp3) is 0.733. The van der Waals surface area contributed by atoms with Crippen LogP contribution in [0.15, 0.2) is 18.3 Å². The summed E-state index contributed by atoms with van der Waals surface area (Å²) in [5, 5.41) is 10.0. The monoisotopic (exact) mass is 252 g/mol. The fourth-order valence-corrected chi connectivity index (χ4v) is 2.22. The quantitative estimate of drug-likeness (QED) is 0.770. The van der Waals surface area contributed by atoms with Crippen molar-refractivity contribution >= 4 is 0 Å².